The maximum atomic E-state index is 12.6. The number of nitrogens with zero attached hydrogens (tertiary/aromatic N) is 4. The van der Waals surface area contributed by atoms with E-state index in [4.69, 9.17) is 0 Å². The molecule has 2 aromatic rings. The summed E-state index contributed by atoms with van der Waals surface area (Å²) < 4.78 is 1.83. The van der Waals surface area contributed by atoms with E-state index in [0.717, 1.165) is 40.6 Å². The Balaban J connectivity index is 1.87. The van der Waals surface area contributed by atoms with Gasteiger partial charge in [-0.25, -0.2) is 4.68 Å². The second-order valence-corrected chi connectivity index (χ2v) is 6.81. The first-order valence-electron chi connectivity index (χ1n) is 7.80. The predicted molar refractivity (Wildman–Crippen MR) is 88.3 cm³/mol. The van der Waals surface area contributed by atoms with Gasteiger partial charge in [0.1, 0.15) is 6.04 Å². The highest BCUT2D eigenvalue weighted by Crippen LogP contribution is 2.40. The van der Waals surface area contributed by atoms with E-state index in [0.29, 0.717) is 12.4 Å². The van der Waals surface area contributed by atoms with Crippen LogP contribution < -0.4 is 5.32 Å². The highest BCUT2D eigenvalue weighted by atomic mass is 32.2. The second kappa shape index (κ2) is 5.81. The van der Waals surface area contributed by atoms with Crippen LogP contribution in [-0.2, 0) is 4.79 Å². The van der Waals surface area contributed by atoms with Gasteiger partial charge in [-0.15, -0.1) is 5.10 Å². The lowest BCUT2D eigenvalue weighted by molar-refractivity contribution is -0.116. The molecule has 1 N–H and O–H groups in total. The predicted octanol–water partition coefficient (Wildman–Crippen LogP) is 2.81. The van der Waals surface area contributed by atoms with Crippen LogP contribution in [0.25, 0.3) is 0 Å². The Bertz CT molecular complexity index is 783. The molecule has 0 aromatic carbocycles. The molecule has 6 nitrogen and oxygen atoms in total. The number of carbonyl (C=O) groups is 1. The molecule has 4 rings (SSSR count). The van der Waals surface area contributed by atoms with Crippen LogP contribution in [0.5, 0.6) is 0 Å². The van der Waals surface area contributed by atoms with Crippen molar-refractivity contribution >= 4 is 23.5 Å². The van der Waals surface area contributed by atoms with Gasteiger partial charge in [0.15, 0.2) is 5.78 Å². The van der Waals surface area contributed by atoms with Gasteiger partial charge in [0.2, 0.25) is 11.1 Å². The summed E-state index contributed by atoms with van der Waals surface area (Å²) in [6, 6.07) is 3.65. The Kier molecular flexibility index (Phi) is 3.65. The van der Waals surface area contributed by atoms with Gasteiger partial charge in [0.25, 0.3) is 0 Å². The van der Waals surface area contributed by atoms with E-state index >= 15 is 0 Å². The van der Waals surface area contributed by atoms with Crippen LogP contribution in [-0.4, -0.2) is 31.3 Å². The number of anilines is 1. The van der Waals surface area contributed by atoms with Crippen LogP contribution in [0, 0.1) is 0 Å². The van der Waals surface area contributed by atoms with E-state index in [1.165, 1.54) is 0 Å². The number of rotatable bonds is 3. The standard InChI is InChI=1S/C16H17N5OS/c1-2-23-16-19-15-18-11-6-3-7-12(22)13(11)14(21(15)20-16)10-5-4-8-17-9-10/h4-5,8-9,14H,2-3,6-7H2,1H3,(H,18,19,20). The van der Waals surface area contributed by atoms with Crippen molar-refractivity contribution in [3.63, 3.8) is 0 Å². The summed E-state index contributed by atoms with van der Waals surface area (Å²) in [6.45, 7) is 2.07. The third-order valence-corrected chi connectivity index (χ3v) is 4.84. The molecule has 23 heavy (non-hydrogen) atoms. The van der Waals surface area contributed by atoms with Crippen molar-refractivity contribution in [2.45, 2.75) is 37.4 Å². The Labute approximate surface area is 138 Å². The third-order valence-electron chi connectivity index (χ3n) is 4.12. The maximum absolute atomic E-state index is 12.6. The summed E-state index contributed by atoms with van der Waals surface area (Å²) in [5.41, 5.74) is 2.77. The number of hydrogen-bond acceptors (Lipinski definition) is 6. The van der Waals surface area contributed by atoms with E-state index in [1.54, 1.807) is 24.2 Å². The largest absolute Gasteiger partial charge is 0.328 e. The van der Waals surface area contributed by atoms with E-state index in [1.807, 2.05) is 16.8 Å². The fourth-order valence-electron chi connectivity index (χ4n) is 3.17. The average molecular weight is 327 g/mol. The molecule has 0 radical (unpaired) electrons. The van der Waals surface area contributed by atoms with Gasteiger partial charge in [-0.3, -0.25) is 9.78 Å². The number of hydrogen-bond donors (Lipinski definition) is 1. The normalized spacial score (nSPS) is 20.0. The quantitative estimate of drug-likeness (QED) is 0.874. The van der Waals surface area contributed by atoms with Gasteiger partial charge in [-0.2, -0.15) is 4.98 Å². The van der Waals surface area contributed by atoms with Crippen LogP contribution in [0.4, 0.5) is 5.95 Å². The molecule has 0 fully saturated rings. The van der Waals surface area contributed by atoms with Crippen LogP contribution in [0.1, 0.15) is 37.8 Å². The highest BCUT2D eigenvalue weighted by Gasteiger charge is 2.36. The van der Waals surface area contributed by atoms with E-state index in [2.05, 4.69) is 27.3 Å². The number of Topliss-reactive ketones (excluding diaryl/α,β-unsaturated/α-hetero) is 1. The minimum absolute atomic E-state index is 0.193. The van der Waals surface area contributed by atoms with Crippen LogP contribution >= 0.6 is 11.8 Å². The molecule has 0 spiro atoms. The molecule has 7 heteroatoms. The van der Waals surface area contributed by atoms with Crippen molar-refractivity contribution in [2.24, 2.45) is 0 Å². The van der Waals surface area contributed by atoms with Gasteiger partial charge >= 0.3 is 0 Å². The molecule has 0 bridgehead atoms. The summed E-state index contributed by atoms with van der Waals surface area (Å²) in [5.74, 6) is 1.81. The molecule has 0 saturated carbocycles. The lowest BCUT2D eigenvalue weighted by atomic mass is 9.86. The van der Waals surface area contributed by atoms with Gasteiger partial charge in [-0.1, -0.05) is 24.8 Å². The summed E-state index contributed by atoms with van der Waals surface area (Å²) in [6.07, 6.45) is 5.90. The Morgan fingerprint density at radius 2 is 2.35 bits per heavy atom. The topological polar surface area (TPSA) is 72.7 Å². The van der Waals surface area contributed by atoms with E-state index < -0.39 is 0 Å². The molecular weight excluding hydrogens is 310 g/mol. The Morgan fingerprint density at radius 3 is 3.13 bits per heavy atom. The first-order valence-corrected chi connectivity index (χ1v) is 8.79. The van der Waals surface area contributed by atoms with Gasteiger partial charge < -0.3 is 5.32 Å². The zero-order chi connectivity index (χ0) is 15.8. The fourth-order valence-corrected chi connectivity index (χ4v) is 3.73. The van der Waals surface area contributed by atoms with Gasteiger partial charge in [0.05, 0.1) is 0 Å². The first kappa shape index (κ1) is 14.4. The van der Waals surface area contributed by atoms with Gasteiger partial charge in [0, 0.05) is 30.1 Å². The molecule has 2 aromatic heterocycles. The summed E-state index contributed by atoms with van der Waals surface area (Å²) in [5, 5.41) is 8.67. The Hall–Kier alpha value is -2.15. The summed E-state index contributed by atoms with van der Waals surface area (Å²) >= 11 is 1.60. The molecular formula is C16H17N5OS. The number of nitrogens with one attached hydrogen (secondary N) is 1. The van der Waals surface area contributed by atoms with Crippen LogP contribution in [0.15, 0.2) is 41.0 Å². The number of aromatic nitrogens is 4. The van der Waals surface area contributed by atoms with Crippen LogP contribution in [0.2, 0.25) is 0 Å². The van der Waals surface area contributed by atoms with Crippen molar-refractivity contribution in [1.29, 1.82) is 0 Å². The minimum atomic E-state index is -0.235. The third kappa shape index (κ3) is 2.45. The number of carbonyl (C=O) groups excluding carboxylic acids is 1. The van der Waals surface area contributed by atoms with Crippen molar-refractivity contribution in [2.75, 3.05) is 11.1 Å². The number of thioether (sulfide) groups is 1. The Morgan fingerprint density at radius 1 is 1.43 bits per heavy atom. The zero-order valence-electron chi connectivity index (χ0n) is 12.8. The van der Waals surface area contributed by atoms with Crippen molar-refractivity contribution < 1.29 is 4.79 Å². The molecule has 118 valence electrons. The van der Waals surface area contributed by atoms with Crippen LogP contribution in [0.3, 0.4) is 0 Å². The van der Waals surface area contributed by atoms with E-state index in [-0.39, 0.29) is 11.8 Å². The molecule has 1 aliphatic heterocycles. The fraction of sp³-hybridized carbons (Fsp3) is 0.375. The number of pyridine rings is 1. The first-order chi connectivity index (χ1) is 11.3. The lowest BCUT2D eigenvalue weighted by Crippen LogP contribution is -2.31. The molecule has 1 unspecified atom stereocenters. The summed E-state index contributed by atoms with van der Waals surface area (Å²) in [7, 11) is 0. The maximum Gasteiger partial charge on any atom is 0.227 e. The molecule has 0 amide bonds. The minimum Gasteiger partial charge on any atom is -0.328 e. The van der Waals surface area contributed by atoms with Crippen molar-refractivity contribution in [3.8, 4) is 0 Å². The number of allylic oxidation sites excluding steroid dienone is 2. The van der Waals surface area contributed by atoms with E-state index in [9.17, 15) is 4.79 Å². The monoisotopic (exact) mass is 327 g/mol. The molecule has 2 aliphatic rings. The molecule has 1 atom stereocenters. The summed E-state index contributed by atoms with van der Waals surface area (Å²) in [4.78, 5) is 21.4. The van der Waals surface area contributed by atoms with Gasteiger partial charge in [-0.05, 0) is 30.2 Å². The lowest BCUT2D eigenvalue weighted by Gasteiger charge is -2.31. The van der Waals surface area contributed by atoms with Crippen molar-refractivity contribution in [1.82, 2.24) is 19.7 Å². The molecule has 0 saturated heterocycles. The molecule has 3 heterocycles. The number of ketones is 1. The molecule has 1 aliphatic carbocycles. The smallest absolute Gasteiger partial charge is 0.227 e. The highest BCUT2D eigenvalue weighted by molar-refractivity contribution is 7.99. The number of fused-ring (bicyclic) bond motifs is 1. The zero-order valence-corrected chi connectivity index (χ0v) is 13.6. The van der Waals surface area contributed by atoms with Crippen molar-refractivity contribution in [3.05, 3.63) is 41.4 Å². The average Bonchev–Trinajstić information content (AvgIpc) is 2.96. The second-order valence-electron chi connectivity index (χ2n) is 5.58. The SMILES string of the molecule is CCSc1nc2n(n1)C(c1cccnc1)C1=C(CCCC1=O)N2.